The van der Waals surface area contributed by atoms with E-state index in [2.05, 4.69) is 4.90 Å². The molecule has 1 saturated heterocycles. The van der Waals surface area contributed by atoms with E-state index in [9.17, 15) is 4.79 Å². The maximum absolute atomic E-state index is 11.9. The minimum Gasteiger partial charge on any atom is -0.496 e. The average Bonchev–Trinajstić information content (AvgIpc) is 3.11. The molecule has 25 heavy (non-hydrogen) atoms. The topological polar surface area (TPSA) is 51.1 Å². The number of rotatable bonds is 4. The Hall–Kier alpha value is -1.40. The van der Waals surface area contributed by atoms with Gasteiger partial charge in [-0.3, -0.25) is 9.79 Å². The first-order valence-electron chi connectivity index (χ1n) is 8.58. The first-order valence-corrected chi connectivity index (χ1v) is 9.94. The number of likely N-dealkylation sites (tertiary alicyclic amines) is 1. The number of benzene rings is 1. The molecule has 0 radical (unpaired) electrons. The van der Waals surface area contributed by atoms with Crippen molar-refractivity contribution in [1.29, 1.82) is 0 Å². The lowest BCUT2D eigenvalue weighted by atomic mass is 9.97. The molecule has 0 aliphatic carbocycles. The van der Waals surface area contributed by atoms with Crippen LogP contribution in [0.1, 0.15) is 31.4 Å². The Balaban J connectivity index is 1.64. The normalized spacial score (nSPS) is 21.2. The van der Waals surface area contributed by atoms with Crippen molar-refractivity contribution in [2.75, 3.05) is 32.6 Å². The summed E-state index contributed by atoms with van der Waals surface area (Å²) in [7, 11) is 1.65. The number of piperidine rings is 1. The molecule has 0 spiro atoms. The fraction of sp³-hybridized carbons (Fsp3) is 0.556. The molecular weight excluding hydrogens is 360 g/mol. The minimum atomic E-state index is -0.0630. The van der Waals surface area contributed by atoms with Gasteiger partial charge in [0.1, 0.15) is 5.75 Å². The van der Waals surface area contributed by atoms with Gasteiger partial charge in [0.2, 0.25) is 0 Å². The molecule has 1 aromatic carbocycles. The molecule has 136 valence electrons. The Bertz CT molecular complexity index is 660. The Morgan fingerprint density at radius 3 is 2.84 bits per heavy atom. The highest BCUT2D eigenvalue weighted by Crippen LogP contribution is 2.38. The molecular formula is C18H23ClN2O3S. The first kappa shape index (κ1) is 18.4. The van der Waals surface area contributed by atoms with Gasteiger partial charge in [-0.1, -0.05) is 29.4 Å². The first-order chi connectivity index (χ1) is 12.1. The number of ether oxygens (including phenoxy) is 2. The van der Waals surface area contributed by atoms with Crippen LogP contribution in [0.3, 0.4) is 0 Å². The second-order valence-corrected chi connectivity index (χ2v) is 7.56. The van der Waals surface area contributed by atoms with Crippen LogP contribution in [0.25, 0.3) is 0 Å². The summed E-state index contributed by atoms with van der Waals surface area (Å²) in [6.07, 6.45) is 1.65. The van der Waals surface area contributed by atoms with E-state index >= 15 is 0 Å². The Kier molecular flexibility index (Phi) is 6.12. The highest BCUT2D eigenvalue weighted by molar-refractivity contribution is 8.14. The molecule has 2 heterocycles. The largest absolute Gasteiger partial charge is 0.496 e. The highest BCUT2D eigenvalue weighted by Gasteiger charge is 2.31. The predicted octanol–water partition coefficient (Wildman–Crippen LogP) is 3.77. The number of aliphatic imine (C=N–C) groups is 1. The molecule has 0 N–H and O–H groups in total. The fourth-order valence-corrected chi connectivity index (χ4v) is 4.51. The zero-order chi connectivity index (χ0) is 17.8. The molecule has 0 amide bonds. The lowest BCUT2D eigenvalue weighted by Crippen LogP contribution is -2.39. The van der Waals surface area contributed by atoms with Crippen LogP contribution < -0.4 is 4.74 Å². The third-order valence-electron chi connectivity index (χ3n) is 4.58. The number of carbonyl (C=O) groups excluding carboxylic acids is 1. The lowest BCUT2D eigenvalue weighted by Gasteiger charge is -2.31. The third-order valence-corrected chi connectivity index (χ3v) is 5.92. The van der Waals surface area contributed by atoms with E-state index in [4.69, 9.17) is 26.1 Å². The second-order valence-electron chi connectivity index (χ2n) is 6.14. The minimum absolute atomic E-state index is 0.0235. The highest BCUT2D eigenvalue weighted by atomic mass is 35.5. The lowest BCUT2D eigenvalue weighted by molar-refractivity contribution is -0.149. The summed E-state index contributed by atoms with van der Waals surface area (Å²) in [4.78, 5) is 19.0. The maximum atomic E-state index is 11.9. The molecule has 1 fully saturated rings. The fourth-order valence-electron chi connectivity index (χ4n) is 3.22. The summed E-state index contributed by atoms with van der Waals surface area (Å²) in [5.74, 6) is 1.64. The van der Waals surface area contributed by atoms with Gasteiger partial charge in [0, 0.05) is 29.4 Å². The molecule has 7 heteroatoms. The zero-order valence-corrected chi connectivity index (χ0v) is 16.1. The summed E-state index contributed by atoms with van der Waals surface area (Å²) in [5, 5.41) is 1.72. The van der Waals surface area contributed by atoms with E-state index in [1.54, 1.807) is 18.9 Å². The van der Waals surface area contributed by atoms with Crippen LogP contribution in [0, 0.1) is 5.92 Å². The van der Waals surface area contributed by atoms with Gasteiger partial charge in [0.25, 0.3) is 0 Å². The number of hydrogen-bond donors (Lipinski definition) is 0. The van der Waals surface area contributed by atoms with Crippen molar-refractivity contribution in [3.05, 3.63) is 28.8 Å². The van der Waals surface area contributed by atoms with Crippen molar-refractivity contribution < 1.29 is 14.3 Å². The average molecular weight is 383 g/mol. The van der Waals surface area contributed by atoms with Crippen molar-refractivity contribution in [2.45, 2.75) is 25.8 Å². The predicted molar refractivity (Wildman–Crippen MR) is 102 cm³/mol. The quantitative estimate of drug-likeness (QED) is 0.742. The van der Waals surface area contributed by atoms with Gasteiger partial charge in [0.15, 0.2) is 5.17 Å². The molecule has 1 aromatic rings. The standard InChI is InChI=1S/C18H23ClN2O3S/c1-3-24-17(22)12-6-8-21(9-7-12)18-20-15(11-25-18)14-5-4-13(19)10-16(14)23-2/h4-5,10,12,15H,3,6-9,11H2,1-2H3. The number of halogens is 1. The molecule has 2 aliphatic heterocycles. The number of amidine groups is 1. The van der Waals surface area contributed by atoms with Crippen LogP contribution in [0.2, 0.25) is 5.02 Å². The van der Waals surface area contributed by atoms with E-state index in [-0.39, 0.29) is 17.9 Å². The Labute approximate surface area is 157 Å². The van der Waals surface area contributed by atoms with Crippen molar-refractivity contribution in [3.63, 3.8) is 0 Å². The van der Waals surface area contributed by atoms with Gasteiger partial charge in [-0.15, -0.1) is 0 Å². The van der Waals surface area contributed by atoms with Crippen LogP contribution in [0.5, 0.6) is 5.75 Å². The van der Waals surface area contributed by atoms with Crippen molar-refractivity contribution in [1.82, 2.24) is 4.90 Å². The van der Waals surface area contributed by atoms with E-state index in [1.807, 2.05) is 25.1 Å². The summed E-state index contributed by atoms with van der Waals surface area (Å²) in [6.45, 7) is 3.99. The van der Waals surface area contributed by atoms with E-state index in [1.165, 1.54) is 0 Å². The molecule has 5 nitrogen and oxygen atoms in total. The number of esters is 1. The Morgan fingerprint density at radius 2 is 2.16 bits per heavy atom. The summed E-state index contributed by atoms with van der Waals surface area (Å²) in [5.41, 5.74) is 1.07. The third kappa shape index (κ3) is 4.23. The molecule has 0 aromatic heterocycles. The molecule has 1 atom stereocenters. The maximum Gasteiger partial charge on any atom is 0.309 e. The van der Waals surface area contributed by atoms with Gasteiger partial charge in [-0.05, 0) is 31.9 Å². The summed E-state index contributed by atoms with van der Waals surface area (Å²) in [6, 6.07) is 5.78. The monoisotopic (exact) mass is 382 g/mol. The number of nitrogens with zero attached hydrogens (tertiary/aromatic N) is 2. The molecule has 3 rings (SSSR count). The van der Waals surface area contributed by atoms with Crippen LogP contribution in [-0.4, -0.2) is 48.6 Å². The van der Waals surface area contributed by atoms with Gasteiger partial charge < -0.3 is 14.4 Å². The van der Waals surface area contributed by atoms with Crippen LogP contribution >= 0.6 is 23.4 Å². The number of methoxy groups -OCH3 is 1. The van der Waals surface area contributed by atoms with Crippen molar-refractivity contribution in [3.8, 4) is 5.75 Å². The molecule has 2 aliphatic rings. The van der Waals surface area contributed by atoms with Crippen LogP contribution in [-0.2, 0) is 9.53 Å². The number of carbonyl (C=O) groups is 1. The van der Waals surface area contributed by atoms with E-state index in [0.29, 0.717) is 11.6 Å². The number of thioether (sulfide) groups is 1. The zero-order valence-electron chi connectivity index (χ0n) is 14.5. The SMILES string of the molecule is CCOC(=O)C1CCN(C2=NC(c3ccc(Cl)cc3OC)CS2)CC1. The molecule has 1 unspecified atom stereocenters. The van der Waals surface area contributed by atoms with Gasteiger partial charge >= 0.3 is 5.97 Å². The van der Waals surface area contributed by atoms with Crippen molar-refractivity contribution in [2.24, 2.45) is 10.9 Å². The van der Waals surface area contributed by atoms with E-state index in [0.717, 1.165) is 48.2 Å². The van der Waals surface area contributed by atoms with Crippen LogP contribution in [0.15, 0.2) is 23.2 Å². The van der Waals surface area contributed by atoms with Gasteiger partial charge in [-0.25, -0.2) is 0 Å². The van der Waals surface area contributed by atoms with Crippen molar-refractivity contribution >= 4 is 34.5 Å². The summed E-state index contributed by atoms with van der Waals surface area (Å²) >= 11 is 7.81. The van der Waals surface area contributed by atoms with Gasteiger partial charge in [-0.2, -0.15) is 0 Å². The molecule has 0 saturated carbocycles. The number of hydrogen-bond acceptors (Lipinski definition) is 6. The van der Waals surface area contributed by atoms with Crippen LogP contribution in [0.4, 0.5) is 0 Å². The van der Waals surface area contributed by atoms with E-state index < -0.39 is 0 Å². The smallest absolute Gasteiger partial charge is 0.309 e. The summed E-state index contributed by atoms with van der Waals surface area (Å²) < 4.78 is 10.6. The second kappa shape index (κ2) is 8.32. The Morgan fingerprint density at radius 1 is 1.40 bits per heavy atom. The molecule has 0 bridgehead atoms. The van der Waals surface area contributed by atoms with Gasteiger partial charge in [0.05, 0.1) is 25.7 Å².